The van der Waals surface area contributed by atoms with Crippen LogP contribution in [0.1, 0.15) is 5.56 Å². The van der Waals surface area contributed by atoms with Crippen LogP contribution in [0.15, 0.2) is 27.6 Å². The quantitative estimate of drug-likeness (QED) is 0.832. The zero-order valence-electron chi connectivity index (χ0n) is 11.8. The van der Waals surface area contributed by atoms with Gasteiger partial charge in [-0.1, -0.05) is 15.9 Å². The van der Waals surface area contributed by atoms with Crippen LogP contribution in [-0.2, 0) is 14.8 Å². The van der Waals surface area contributed by atoms with E-state index >= 15 is 0 Å². The first-order valence-corrected chi connectivity index (χ1v) is 8.81. The number of piperazine rings is 1. The number of amides is 1. The molecule has 2 N–H and O–H groups in total. The van der Waals surface area contributed by atoms with Crippen molar-refractivity contribution >= 4 is 31.9 Å². The SMILES string of the molecule is Cc1cc(S(=O)(=O)N2CCN(CC(N)=O)CC2)ccc1Br. The number of nitrogens with zero attached hydrogens (tertiary/aromatic N) is 2. The summed E-state index contributed by atoms with van der Waals surface area (Å²) in [4.78, 5) is 13.0. The highest BCUT2D eigenvalue weighted by Gasteiger charge is 2.28. The fourth-order valence-corrected chi connectivity index (χ4v) is 4.03. The lowest BCUT2D eigenvalue weighted by atomic mass is 10.2. The number of sulfonamides is 1. The largest absolute Gasteiger partial charge is 0.369 e. The standard InChI is InChI=1S/C13H18BrN3O3S/c1-10-8-11(2-3-12(10)14)21(19,20)17-6-4-16(5-7-17)9-13(15)18/h2-3,8H,4-7,9H2,1H3,(H2,15,18). The molecule has 0 atom stereocenters. The average molecular weight is 376 g/mol. The molecule has 1 aliphatic heterocycles. The van der Waals surface area contributed by atoms with Crippen molar-refractivity contribution in [3.63, 3.8) is 0 Å². The number of benzene rings is 1. The summed E-state index contributed by atoms with van der Waals surface area (Å²) >= 11 is 3.36. The number of primary amides is 1. The number of halogens is 1. The second-order valence-corrected chi connectivity index (χ2v) is 7.85. The van der Waals surface area contributed by atoms with Crippen LogP contribution >= 0.6 is 15.9 Å². The highest BCUT2D eigenvalue weighted by molar-refractivity contribution is 9.10. The Morgan fingerprint density at radius 2 is 1.90 bits per heavy atom. The molecule has 21 heavy (non-hydrogen) atoms. The van der Waals surface area contributed by atoms with Gasteiger partial charge in [-0.15, -0.1) is 0 Å². The monoisotopic (exact) mass is 375 g/mol. The molecule has 0 aromatic heterocycles. The summed E-state index contributed by atoms with van der Waals surface area (Å²) in [7, 11) is -3.48. The molecule has 1 amide bonds. The number of carbonyl (C=O) groups excluding carboxylic acids is 1. The Bertz CT molecular complexity index is 640. The molecular formula is C13H18BrN3O3S. The second-order valence-electron chi connectivity index (χ2n) is 5.06. The van der Waals surface area contributed by atoms with Gasteiger partial charge in [0.1, 0.15) is 0 Å². The topological polar surface area (TPSA) is 83.7 Å². The summed E-state index contributed by atoms with van der Waals surface area (Å²) in [5.74, 6) is -0.394. The van der Waals surface area contributed by atoms with Gasteiger partial charge < -0.3 is 5.73 Å². The molecule has 1 fully saturated rings. The van der Waals surface area contributed by atoms with E-state index in [-0.39, 0.29) is 6.54 Å². The third kappa shape index (κ3) is 3.82. The minimum Gasteiger partial charge on any atom is -0.369 e. The van der Waals surface area contributed by atoms with E-state index in [4.69, 9.17) is 5.73 Å². The van der Waals surface area contributed by atoms with Crippen LogP contribution in [-0.4, -0.2) is 56.3 Å². The molecule has 1 aromatic rings. The zero-order chi connectivity index (χ0) is 15.6. The van der Waals surface area contributed by atoms with Crippen LogP contribution in [0.25, 0.3) is 0 Å². The molecule has 0 spiro atoms. The van der Waals surface area contributed by atoms with E-state index in [0.717, 1.165) is 10.0 Å². The predicted octanol–water partition coefficient (Wildman–Crippen LogP) is 0.549. The molecule has 0 bridgehead atoms. The molecule has 2 rings (SSSR count). The molecule has 8 heteroatoms. The lowest BCUT2D eigenvalue weighted by Gasteiger charge is -2.33. The van der Waals surface area contributed by atoms with Crippen molar-refractivity contribution in [3.8, 4) is 0 Å². The Morgan fingerprint density at radius 3 is 2.43 bits per heavy atom. The third-order valence-electron chi connectivity index (χ3n) is 3.48. The second kappa shape index (κ2) is 6.43. The number of nitrogens with two attached hydrogens (primary N) is 1. The van der Waals surface area contributed by atoms with Crippen molar-refractivity contribution in [1.29, 1.82) is 0 Å². The van der Waals surface area contributed by atoms with E-state index in [0.29, 0.717) is 31.1 Å². The molecule has 1 aromatic carbocycles. The van der Waals surface area contributed by atoms with Crippen molar-refractivity contribution in [2.24, 2.45) is 5.73 Å². The average Bonchev–Trinajstić information content (AvgIpc) is 2.41. The molecular weight excluding hydrogens is 358 g/mol. The van der Waals surface area contributed by atoms with Crippen LogP contribution in [0, 0.1) is 6.92 Å². The first kappa shape index (κ1) is 16.4. The van der Waals surface area contributed by atoms with E-state index in [1.807, 2.05) is 11.8 Å². The molecule has 0 radical (unpaired) electrons. The highest BCUT2D eigenvalue weighted by Crippen LogP contribution is 2.23. The van der Waals surface area contributed by atoms with Gasteiger partial charge in [-0.05, 0) is 30.7 Å². The van der Waals surface area contributed by atoms with Crippen molar-refractivity contribution in [1.82, 2.24) is 9.21 Å². The lowest BCUT2D eigenvalue weighted by Crippen LogP contribution is -2.50. The van der Waals surface area contributed by atoms with Crippen molar-refractivity contribution in [3.05, 3.63) is 28.2 Å². The molecule has 0 aliphatic carbocycles. The molecule has 1 heterocycles. The molecule has 1 saturated heterocycles. The summed E-state index contributed by atoms with van der Waals surface area (Å²) < 4.78 is 27.5. The van der Waals surface area contributed by atoms with Gasteiger partial charge in [0.25, 0.3) is 0 Å². The van der Waals surface area contributed by atoms with Crippen LogP contribution < -0.4 is 5.73 Å². The molecule has 1 aliphatic rings. The van der Waals surface area contributed by atoms with Gasteiger partial charge in [0.2, 0.25) is 15.9 Å². The van der Waals surface area contributed by atoms with Crippen LogP contribution in [0.3, 0.4) is 0 Å². The fraction of sp³-hybridized carbons (Fsp3) is 0.462. The summed E-state index contributed by atoms with van der Waals surface area (Å²) in [6, 6.07) is 5.00. The van der Waals surface area contributed by atoms with Gasteiger partial charge in [-0.3, -0.25) is 9.69 Å². The summed E-state index contributed by atoms with van der Waals surface area (Å²) in [5.41, 5.74) is 6.03. The van der Waals surface area contributed by atoms with Gasteiger partial charge in [0.05, 0.1) is 11.4 Å². The fourth-order valence-electron chi connectivity index (χ4n) is 2.28. The predicted molar refractivity (Wildman–Crippen MR) is 83.3 cm³/mol. The zero-order valence-corrected chi connectivity index (χ0v) is 14.2. The lowest BCUT2D eigenvalue weighted by molar-refractivity contribution is -0.119. The maximum atomic E-state index is 12.6. The Balaban J connectivity index is 2.11. The summed E-state index contributed by atoms with van der Waals surface area (Å²) in [5, 5.41) is 0. The Kier molecular flexibility index (Phi) is 5.03. The smallest absolute Gasteiger partial charge is 0.243 e. The minimum absolute atomic E-state index is 0.172. The summed E-state index contributed by atoms with van der Waals surface area (Å²) in [6.45, 7) is 3.78. The van der Waals surface area contributed by atoms with Gasteiger partial charge >= 0.3 is 0 Å². The van der Waals surface area contributed by atoms with Crippen molar-refractivity contribution < 1.29 is 13.2 Å². The molecule has 6 nitrogen and oxygen atoms in total. The molecule has 0 unspecified atom stereocenters. The van der Waals surface area contributed by atoms with Crippen LogP contribution in [0.5, 0.6) is 0 Å². The summed E-state index contributed by atoms with van der Waals surface area (Å²) in [6.07, 6.45) is 0. The Hall–Kier alpha value is -0.960. The van der Waals surface area contributed by atoms with Crippen LogP contribution in [0.4, 0.5) is 0 Å². The van der Waals surface area contributed by atoms with Gasteiger partial charge in [0.15, 0.2) is 0 Å². The highest BCUT2D eigenvalue weighted by atomic mass is 79.9. The normalized spacial score (nSPS) is 17.8. The van der Waals surface area contributed by atoms with E-state index in [9.17, 15) is 13.2 Å². The Morgan fingerprint density at radius 1 is 1.29 bits per heavy atom. The first-order chi connectivity index (χ1) is 9.80. The number of hydrogen-bond donors (Lipinski definition) is 1. The maximum absolute atomic E-state index is 12.6. The third-order valence-corrected chi connectivity index (χ3v) is 6.26. The van der Waals surface area contributed by atoms with Gasteiger partial charge in [0, 0.05) is 30.7 Å². The van der Waals surface area contributed by atoms with E-state index in [1.54, 1.807) is 18.2 Å². The van der Waals surface area contributed by atoms with Gasteiger partial charge in [-0.25, -0.2) is 8.42 Å². The number of rotatable bonds is 4. The number of aryl methyl sites for hydroxylation is 1. The van der Waals surface area contributed by atoms with E-state index < -0.39 is 15.9 Å². The van der Waals surface area contributed by atoms with Gasteiger partial charge in [-0.2, -0.15) is 4.31 Å². The molecule has 116 valence electrons. The van der Waals surface area contributed by atoms with Crippen molar-refractivity contribution in [2.45, 2.75) is 11.8 Å². The number of carbonyl (C=O) groups is 1. The number of hydrogen-bond acceptors (Lipinski definition) is 4. The molecule has 0 saturated carbocycles. The van der Waals surface area contributed by atoms with Crippen molar-refractivity contribution in [2.75, 3.05) is 32.7 Å². The maximum Gasteiger partial charge on any atom is 0.243 e. The van der Waals surface area contributed by atoms with E-state index in [1.165, 1.54) is 4.31 Å². The first-order valence-electron chi connectivity index (χ1n) is 6.57. The Labute approximate surface area is 133 Å². The minimum atomic E-state index is -3.48. The van der Waals surface area contributed by atoms with E-state index in [2.05, 4.69) is 15.9 Å². The van der Waals surface area contributed by atoms with Crippen LogP contribution in [0.2, 0.25) is 0 Å².